The normalized spacial score (nSPS) is 11.3. The van der Waals surface area contributed by atoms with Crippen LogP contribution in [0.3, 0.4) is 0 Å². The van der Waals surface area contributed by atoms with E-state index in [-0.39, 0.29) is 14.9 Å². The maximum absolute atomic E-state index is 12.2. The van der Waals surface area contributed by atoms with E-state index in [0.29, 0.717) is 10.7 Å². The summed E-state index contributed by atoms with van der Waals surface area (Å²) in [6, 6.07) is 10.5. The first-order chi connectivity index (χ1) is 10.8. The van der Waals surface area contributed by atoms with Crippen molar-refractivity contribution in [1.29, 1.82) is 0 Å². The number of benzene rings is 2. The zero-order valence-electron chi connectivity index (χ0n) is 11.5. The van der Waals surface area contributed by atoms with Gasteiger partial charge in [-0.15, -0.1) is 0 Å². The van der Waals surface area contributed by atoms with Crippen LogP contribution in [-0.4, -0.2) is 20.9 Å². The first-order valence-electron chi connectivity index (χ1n) is 6.28. The SMILES string of the molecule is O=C(CNS(=O)(=O)c1cc(Cl)ccc1Cl)Nc1cccc(Cl)c1. The number of hydrogen-bond acceptors (Lipinski definition) is 3. The van der Waals surface area contributed by atoms with Crippen LogP contribution in [0.5, 0.6) is 0 Å². The topological polar surface area (TPSA) is 75.3 Å². The predicted octanol–water partition coefficient (Wildman–Crippen LogP) is 3.56. The van der Waals surface area contributed by atoms with E-state index in [1.54, 1.807) is 24.3 Å². The summed E-state index contributed by atoms with van der Waals surface area (Å²) in [6.45, 7) is -0.461. The van der Waals surface area contributed by atoms with Gasteiger partial charge in [0.2, 0.25) is 15.9 Å². The average Bonchev–Trinajstić information content (AvgIpc) is 2.48. The highest BCUT2D eigenvalue weighted by molar-refractivity contribution is 7.89. The fraction of sp³-hybridized carbons (Fsp3) is 0.0714. The van der Waals surface area contributed by atoms with Gasteiger partial charge in [0.15, 0.2) is 0 Å². The van der Waals surface area contributed by atoms with Crippen molar-refractivity contribution in [2.24, 2.45) is 0 Å². The molecule has 2 rings (SSSR count). The third kappa shape index (κ3) is 5.09. The van der Waals surface area contributed by atoms with Gasteiger partial charge in [-0.1, -0.05) is 40.9 Å². The lowest BCUT2D eigenvalue weighted by atomic mass is 10.3. The van der Waals surface area contributed by atoms with E-state index in [1.165, 1.54) is 18.2 Å². The van der Waals surface area contributed by atoms with Gasteiger partial charge in [0.1, 0.15) is 4.90 Å². The van der Waals surface area contributed by atoms with E-state index in [9.17, 15) is 13.2 Å². The maximum atomic E-state index is 12.2. The molecule has 23 heavy (non-hydrogen) atoms. The fourth-order valence-electron chi connectivity index (χ4n) is 1.69. The van der Waals surface area contributed by atoms with Crippen molar-refractivity contribution in [3.63, 3.8) is 0 Å². The Hall–Kier alpha value is -1.31. The van der Waals surface area contributed by atoms with Crippen LogP contribution in [0, 0.1) is 0 Å². The highest BCUT2D eigenvalue weighted by Gasteiger charge is 2.19. The van der Waals surface area contributed by atoms with Gasteiger partial charge >= 0.3 is 0 Å². The molecule has 0 aliphatic rings. The largest absolute Gasteiger partial charge is 0.325 e. The van der Waals surface area contributed by atoms with Crippen molar-refractivity contribution in [3.8, 4) is 0 Å². The van der Waals surface area contributed by atoms with Gasteiger partial charge in [0.05, 0.1) is 11.6 Å². The number of carbonyl (C=O) groups is 1. The molecule has 1 amide bonds. The first-order valence-corrected chi connectivity index (χ1v) is 8.90. The number of carbonyl (C=O) groups excluding carboxylic acids is 1. The number of hydrogen-bond donors (Lipinski definition) is 2. The highest BCUT2D eigenvalue weighted by atomic mass is 35.5. The summed E-state index contributed by atoms with van der Waals surface area (Å²) in [5.41, 5.74) is 0.461. The molecule has 0 aromatic heterocycles. The van der Waals surface area contributed by atoms with E-state index < -0.39 is 22.5 Å². The Labute approximate surface area is 148 Å². The molecule has 0 saturated heterocycles. The lowest BCUT2D eigenvalue weighted by Gasteiger charge is -2.09. The number of anilines is 1. The third-order valence-electron chi connectivity index (χ3n) is 2.71. The van der Waals surface area contributed by atoms with Gasteiger partial charge in [-0.3, -0.25) is 4.79 Å². The molecule has 5 nitrogen and oxygen atoms in total. The van der Waals surface area contributed by atoms with Gasteiger partial charge in [-0.2, -0.15) is 0 Å². The van der Waals surface area contributed by atoms with Gasteiger partial charge in [0, 0.05) is 15.7 Å². The minimum absolute atomic E-state index is 0.0112. The number of rotatable bonds is 5. The number of halogens is 3. The van der Waals surface area contributed by atoms with E-state index in [4.69, 9.17) is 34.8 Å². The molecule has 0 saturated carbocycles. The molecule has 2 aromatic carbocycles. The van der Waals surface area contributed by atoms with Crippen LogP contribution in [0.25, 0.3) is 0 Å². The number of amides is 1. The third-order valence-corrected chi connectivity index (χ3v) is 5.07. The minimum Gasteiger partial charge on any atom is -0.325 e. The van der Waals surface area contributed by atoms with Gasteiger partial charge in [0.25, 0.3) is 0 Å². The summed E-state index contributed by atoms with van der Waals surface area (Å²) in [7, 11) is -3.96. The van der Waals surface area contributed by atoms with Crippen molar-refractivity contribution >= 4 is 56.4 Å². The Balaban J connectivity index is 2.04. The molecule has 0 unspecified atom stereocenters. The lowest BCUT2D eigenvalue weighted by Crippen LogP contribution is -2.33. The molecule has 0 atom stereocenters. The summed E-state index contributed by atoms with van der Waals surface area (Å²) < 4.78 is 26.5. The van der Waals surface area contributed by atoms with Gasteiger partial charge < -0.3 is 5.32 Å². The molecule has 2 N–H and O–H groups in total. The molecule has 0 spiro atoms. The second-order valence-corrected chi connectivity index (χ2v) is 7.47. The lowest BCUT2D eigenvalue weighted by molar-refractivity contribution is -0.115. The van der Waals surface area contributed by atoms with Crippen LogP contribution >= 0.6 is 34.8 Å². The van der Waals surface area contributed by atoms with Crippen molar-refractivity contribution in [2.45, 2.75) is 4.90 Å². The van der Waals surface area contributed by atoms with Crippen molar-refractivity contribution < 1.29 is 13.2 Å². The first kappa shape index (κ1) is 18.0. The molecule has 122 valence electrons. The Kier molecular flexibility index (Phi) is 5.89. The van der Waals surface area contributed by atoms with Gasteiger partial charge in [-0.25, -0.2) is 13.1 Å². The van der Waals surface area contributed by atoms with E-state index >= 15 is 0 Å². The second-order valence-electron chi connectivity index (χ2n) is 4.46. The molecule has 2 aromatic rings. The van der Waals surface area contributed by atoms with Crippen LogP contribution in [0.15, 0.2) is 47.4 Å². The van der Waals surface area contributed by atoms with Crippen LogP contribution in [-0.2, 0) is 14.8 Å². The molecule has 0 aliphatic heterocycles. The standard InChI is InChI=1S/C14H11Cl3N2O3S/c15-9-2-1-3-11(6-9)19-14(20)8-18-23(21,22)13-7-10(16)4-5-12(13)17/h1-7,18H,8H2,(H,19,20). The molecule has 0 aliphatic carbocycles. The van der Waals surface area contributed by atoms with Crippen molar-refractivity contribution in [1.82, 2.24) is 4.72 Å². The zero-order chi connectivity index (χ0) is 17.0. The summed E-state index contributed by atoms with van der Waals surface area (Å²) >= 11 is 17.4. The smallest absolute Gasteiger partial charge is 0.242 e. The van der Waals surface area contributed by atoms with Gasteiger partial charge in [-0.05, 0) is 36.4 Å². The summed E-state index contributed by atoms with van der Waals surface area (Å²) in [5, 5.41) is 3.21. The molecule has 0 bridgehead atoms. The van der Waals surface area contributed by atoms with E-state index in [2.05, 4.69) is 10.0 Å². The van der Waals surface area contributed by atoms with Crippen LogP contribution in [0.2, 0.25) is 15.1 Å². The van der Waals surface area contributed by atoms with Crippen LogP contribution < -0.4 is 10.0 Å². The summed E-state index contributed by atoms with van der Waals surface area (Å²) in [6.07, 6.45) is 0. The molecule has 0 fully saturated rings. The summed E-state index contributed by atoms with van der Waals surface area (Å²) in [5.74, 6) is -0.547. The van der Waals surface area contributed by atoms with Crippen LogP contribution in [0.4, 0.5) is 5.69 Å². The minimum atomic E-state index is -3.96. The Bertz CT molecular complexity index is 841. The molecule has 0 heterocycles. The van der Waals surface area contributed by atoms with Crippen molar-refractivity contribution in [2.75, 3.05) is 11.9 Å². The number of sulfonamides is 1. The van der Waals surface area contributed by atoms with E-state index in [0.717, 1.165) is 0 Å². The Morgan fingerprint density at radius 1 is 1.00 bits per heavy atom. The van der Waals surface area contributed by atoms with Crippen molar-refractivity contribution in [3.05, 3.63) is 57.5 Å². The highest BCUT2D eigenvalue weighted by Crippen LogP contribution is 2.24. The second kappa shape index (κ2) is 7.51. The molecule has 0 radical (unpaired) electrons. The Morgan fingerprint density at radius 3 is 2.39 bits per heavy atom. The molecular formula is C14H11Cl3N2O3S. The molecular weight excluding hydrogens is 383 g/mol. The predicted molar refractivity (Wildman–Crippen MR) is 91.7 cm³/mol. The molecule has 9 heteroatoms. The summed E-state index contributed by atoms with van der Waals surface area (Å²) in [4.78, 5) is 11.6. The fourth-order valence-corrected chi connectivity index (χ4v) is 3.63. The number of nitrogens with one attached hydrogen (secondary N) is 2. The maximum Gasteiger partial charge on any atom is 0.242 e. The monoisotopic (exact) mass is 392 g/mol. The average molecular weight is 394 g/mol. The van der Waals surface area contributed by atoms with E-state index in [1.807, 2.05) is 0 Å². The zero-order valence-corrected chi connectivity index (χ0v) is 14.6. The Morgan fingerprint density at radius 2 is 1.70 bits per heavy atom. The van der Waals surface area contributed by atoms with Crippen LogP contribution in [0.1, 0.15) is 0 Å². The quantitative estimate of drug-likeness (QED) is 0.815.